The molecule has 7 fully saturated rings. The van der Waals surface area contributed by atoms with Crippen LogP contribution < -0.4 is 0 Å². The number of esters is 1. The normalized spacial score (nSPS) is 54.8. The van der Waals surface area contributed by atoms with Crippen molar-refractivity contribution in [2.45, 2.75) is 211 Å². The molecular formula is C48H78O18. The summed E-state index contributed by atoms with van der Waals surface area (Å²) in [7, 11) is 0. The molecule has 0 aromatic rings. The van der Waals surface area contributed by atoms with Crippen LogP contribution >= 0.6 is 0 Å². The lowest BCUT2D eigenvalue weighted by molar-refractivity contribution is -0.367. The highest BCUT2D eigenvalue weighted by molar-refractivity contribution is 5.79. The van der Waals surface area contributed by atoms with Gasteiger partial charge in [0.25, 0.3) is 0 Å². The van der Waals surface area contributed by atoms with Crippen molar-refractivity contribution < 1.29 is 89.4 Å². The van der Waals surface area contributed by atoms with Gasteiger partial charge in [0, 0.05) is 6.61 Å². The van der Waals surface area contributed by atoms with Gasteiger partial charge < -0.3 is 84.6 Å². The third-order valence-electron chi connectivity index (χ3n) is 19.5. The predicted octanol–water partition coefficient (Wildman–Crippen LogP) is 0.141. The second-order valence-corrected chi connectivity index (χ2v) is 23.3. The first-order valence-corrected chi connectivity index (χ1v) is 24.3. The van der Waals surface area contributed by atoms with Gasteiger partial charge >= 0.3 is 5.97 Å². The van der Waals surface area contributed by atoms with Gasteiger partial charge in [-0.15, -0.1) is 0 Å². The fraction of sp³-hybridized carbons (Fsp3) is 0.938. The Kier molecular flexibility index (Phi) is 13.9. The van der Waals surface area contributed by atoms with Crippen LogP contribution in [0.25, 0.3) is 0 Å². The van der Waals surface area contributed by atoms with Crippen LogP contribution in [0.3, 0.4) is 0 Å². The topological polar surface area (TPSA) is 295 Å². The van der Waals surface area contributed by atoms with E-state index >= 15 is 0 Å². The largest absolute Gasteiger partial charge is 0.432 e. The van der Waals surface area contributed by atoms with Crippen molar-refractivity contribution in [2.24, 2.45) is 50.2 Å². The van der Waals surface area contributed by atoms with Crippen LogP contribution in [0.15, 0.2) is 11.6 Å². The molecule has 3 heterocycles. The Morgan fingerprint density at radius 2 is 1.26 bits per heavy atom. The number of carbonyl (C=O) groups excluding carboxylic acids is 1. The molecule has 18 nitrogen and oxygen atoms in total. The minimum Gasteiger partial charge on any atom is -0.432 e. The van der Waals surface area contributed by atoms with E-state index < -0.39 is 134 Å². The summed E-state index contributed by atoms with van der Waals surface area (Å²) in [6.07, 6.45) is -13.4. The maximum atomic E-state index is 14.7. The van der Waals surface area contributed by atoms with E-state index in [-0.39, 0.29) is 40.6 Å². The summed E-state index contributed by atoms with van der Waals surface area (Å²) in [6, 6.07) is 0. The van der Waals surface area contributed by atoms with E-state index in [0.717, 1.165) is 25.7 Å². The number of aliphatic hydroxyl groups excluding tert-OH is 11. The van der Waals surface area contributed by atoms with E-state index in [0.29, 0.717) is 38.5 Å². The van der Waals surface area contributed by atoms with E-state index in [9.17, 15) is 61.0 Å². The second-order valence-electron chi connectivity index (χ2n) is 23.3. The standard InChI is InChI=1S/C48H78O18/c1-22-30(52)33(55)35(57)39(61-22)65-38-32(54)26(20-50)63-41(37(38)59)64-29-11-12-45(5)27(43(29,2)3)10-13-47(7)28(45)9-8-23-24-18-44(4,21-51)14-16-48(24,17-15-46(23,47)6)42(60)66-40-36(58)34(56)31(53)25(19-49)62-40/h8,22,24-41,49-59H,9-21H2,1-7H3/t22-,24-,25+,26+,27-,28+,29?,30-,31+,32+,33+,34-,35+,36+,37+,38-,39-,40-,41-,44-,45-,46+,47+,48-/m0/s1. The number of ether oxygens (including phenoxy) is 6. The number of fused-ring (bicyclic) bond motifs is 7. The van der Waals surface area contributed by atoms with Gasteiger partial charge in [0.15, 0.2) is 12.6 Å². The molecule has 0 spiro atoms. The minimum atomic E-state index is -1.72. The van der Waals surface area contributed by atoms with Crippen LogP contribution in [0.4, 0.5) is 0 Å². The average Bonchev–Trinajstić information content (AvgIpc) is 3.28. The minimum absolute atomic E-state index is 0.0480. The van der Waals surface area contributed by atoms with Gasteiger partial charge in [-0.2, -0.15) is 0 Å². The predicted molar refractivity (Wildman–Crippen MR) is 230 cm³/mol. The number of hydrogen-bond acceptors (Lipinski definition) is 18. The van der Waals surface area contributed by atoms with E-state index in [2.05, 4.69) is 47.6 Å². The third-order valence-corrected chi connectivity index (χ3v) is 19.5. The van der Waals surface area contributed by atoms with E-state index in [1.165, 1.54) is 12.5 Å². The Morgan fingerprint density at radius 1 is 0.652 bits per heavy atom. The summed E-state index contributed by atoms with van der Waals surface area (Å²) in [5.41, 5.74) is -1.39. The van der Waals surface area contributed by atoms with Crippen molar-refractivity contribution in [1.29, 1.82) is 0 Å². The molecule has 11 N–H and O–H groups in total. The Hall–Kier alpha value is -1.43. The van der Waals surface area contributed by atoms with Crippen molar-refractivity contribution >= 4 is 5.97 Å². The van der Waals surface area contributed by atoms with Gasteiger partial charge in [-0.05, 0) is 116 Å². The number of hydrogen-bond donors (Lipinski definition) is 11. The molecule has 0 bridgehead atoms. The number of allylic oxidation sites excluding steroid dienone is 2. The summed E-state index contributed by atoms with van der Waals surface area (Å²) in [6.45, 7) is 13.7. The average molecular weight is 943 g/mol. The molecule has 0 aromatic carbocycles. The summed E-state index contributed by atoms with van der Waals surface area (Å²) >= 11 is 0. The van der Waals surface area contributed by atoms with Crippen molar-refractivity contribution in [3.8, 4) is 0 Å². The quantitative estimate of drug-likeness (QED) is 0.0833. The van der Waals surface area contributed by atoms with Crippen molar-refractivity contribution in [3.05, 3.63) is 11.6 Å². The van der Waals surface area contributed by atoms with Crippen LogP contribution in [-0.2, 0) is 33.2 Å². The zero-order chi connectivity index (χ0) is 48.3. The Bertz CT molecular complexity index is 1800. The second kappa shape index (κ2) is 18.0. The molecule has 0 aromatic heterocycles. The SMILES string of the molecule is C[C@@H]1O[C@@H](O[C@@H]2[C@@H](O)[C@H](OC3CC[C@]4(C)[C@H]5CC=C6[C@@H]7C[C@@](C)(CO)CC[C@]7(C(=O)O[C@@H]7O[C@H](CO)[C@@H](O)[C@H](O)[C@H]7O)CC[C@@]6(C)[C@]5(C)CC[C@H]4C3(C)C)O[C@H](CO)[C@H]2O)[C@H](O)[C@H](O)[C@H]1O. The van der Waals surface area contributed by atoms with Gasteiger partial charge in [0.2, 0.25) is 6.29 Å². The molecule has 8 rings (SSSR count). The molecule has 4 saturated carbocycles. The zero-order valence-corrected chi connectivity index (χ0v) is 39.5. The number of rotatable bonds is 9. The van der Waals surface area contributed by atoms with Crippen LogP contribution in [0.1, 0.15) is 113 Å². The Morgan fingerprint density at radius 3 is 1.92 bits per heavy atom. The molecule has 66 heavy (non-hydrogen) atoms. The Balaban J connectivity index is 1.03. The molecule has 3 aliphatic heterocycles. The van der Waals surface area contributed by atoms with Gasteiger partial charge in [0.05, 0.1) is 30.8 Å². The molecule has 378 valence electrons. The maximum absolute atomic E-state index is 14.7. The molecule has 24 atom stereocenters. The molecule has 0 amide bonds. The molecular weight excluding hydrogens is 865 g/mol. The number of carbonyl (C=O) groups is 1. The van der Waals surface area contributed by atoms with Crippen LogP contribution in [0.2, 0.25) is 0 Å². The van der Waals surface area contributed by atoms with Crippen molar-refractivity contribution in [1.82, 2.24) is 0 Å². The van der Waals surface area contributed by atoms with Crippen LogP contribution in [0.5, 0.6) is 0 Å². The van der Waals surface area contributed by atoms with Crippen molar-refractivity contribution in [2.75, 3.05) is 19.8 Å². The fourth-order valence-electron chi connectivity index (χ4n) is 15.0. The molecule has 1 unspecified atom stereocenters. The molecule has 8 aliphatic rings. The summed E-state index contributed by atoms with van der Waals surface area (Å²) in [5.74, 6) is -0.440. The highest BCUT2D eigenvalue weighted by Crippen LogP contribution is 2.76. The summed E-state index contributed by atoms with van der Waals surface area (Å²) < 4.78 is 35.9. The molecule has 3 saturated heterocycles. The van der Waals surface area contributed by atoms with Gasteiger partial charge in [-0.1, -0.05) is 53.2 Å². The van der Waals surface area contributed by atoms with Gasteiger partial charge in [-0.3, -0.25) is 4.79 Å². The molecule has 18 heteroatoms. The van der Waals surface area contributed by atoms with Gasteiger partial charge in [-0.25, -0.2) is 0 Å². The van der Waals surface area contributed by atoms with Gasteiger partial charge in [0.1, 0.15) is 67.1 Å². The smallest absolute Gasteiger partial charge is 0.315 e. The number of aliphatic hydroxyl groups is 11. The maximum Gasteiger partial charge on any atom is 0.315 e. The lowest BCUT2D eigenvalue weighted by atomic mass is 9.33. The first-order chi connectivity index (χ1) is 30.9. The van der Waals surface area contributed by atoms with Crippen molar-refractivity contribution in [3.63, 3.8) is 0 Å². The lowest BCUT2D eigenvalue weighted by Crippen LogP contribution is -2.67. The highest BCUT2D eigenvalue weighted by Gasteiger charge is 2.70. The third kappa shape index (κ3) is 7.78. The zero-order valence-electron chi connectivity index (χ0n) is 39.5. The van der Waals surface area contributed by atoms with E-state index in [1.54, 1.807) is 0 Å². The molecule has 0 radical (unpaired) electrons. The first kappa shape index (κ1) is 50.9. The van der Waals surface area contributed by atoms with E-state index in [4.69, 9.17) is 28.4 Å². The summed E-state index contributed by atoms with van der Waals surface area (Å²) in [4.78, 5) is 14.7. The monoisotopic (exact) mass is 943 g/mol. The fourth-order valence-corrected chi connectivity index (χ4v) is 15.0. The first-order valence-electron chi connectivity index (χ1n) is 24.3. The van der Waals surface area contributed by atoms with E-state index in [1.807, 2.05) is 0 Å². The van der Waals surface area contributed by atoms with Crippen LogP contribution in [-0.4, -0.2) is 180 Å². The van der Waals surface area contributed by atoms with Crippen LogP contribution in [0, 0.1) is 50.2 Å². The summed E-state index contributed by atoms with van der Waals surface area (Å²) in [5, 5.41) is 117. The lowest BCUT2D eigenvalue weighted by Gasteiger charge is -2.71. The highest BCUT2D eigenvalue weighted by atomic mass is 16.7. The Labute approximate surface area is 387 Å². The molecule has 5 aliphatic carbocycles.